The summed E-state index contributed by atoms with van der Waals surface area (Å²) in [6.45, 7) is 1.35. The summed E-state index contributed by atoms with van der Waals surface area (Å²) in [6, 6.07) is 11.0. The first-order valence-electron chi connectivity index (χ1n) is 8.53. The molecule has 0 saturated carbocycles. The van der Waals surface area contributed by atoms with E-state index in [1.54, 1.807) is 36.7 Å². The molecule has 0 aliphatic heterocycles. The number of hydrogen-bond acceptors (Lipinski definition) is 5. The summed E-state index contributed by atoms with van der Waals surface area (Å²) in [6.07, 6.45) is 4.60. The van der Waals surface area contributed by atoms with E-state index in [-0.39, 0.29) is 5.56 Å². The average Bonchev–Trinajstić information content (AvgIpc) is 2.67. The number of benzene rings is 1. The first-order valence-corrected chi connectivity index (χ1v) is 9.28. The number of nitrogens with one attached hydrogen (secondary N) is 3. The number of pyridine rings is 1. The number of H-pyrrole nitrogens is 1. The van der Waals surface area contributed by atoms with Crippen molar-refractivity contribution in [3.8, 4) is 0 Å². The van der Waals surface area contributed by atoms with Crippen LogP contribution in [0.3, 0.4) is 0 Å². The van der Waals surface area contributed by atoms with Gasteiger partial charge in [-0.05, 0) is 36.2 Å². The minimum Gasteiger partial charge on any atom is -0.369 e. The number of nitrogens with zero attached hydrogens (tertiary/aromatic N) is 2. The van der Waals surface area contributed by atoms with Crippen molar-refractivity contribution in [1.82, 2.24) is 15.0 Å². The molecule has 8 heteroatoms. The fourth-order valence-electron chi connectivity index (χ4n) is 2.48. The first kappa shape index (κ1) is 19.2. The Hall–Kier alpha value is -2.57. The van der Waals surface area contributed by atoms with Crippen LogP contribution in [-0.2, 0) is 6.42 Å². The Morgan fingerprint density at radius 3 is 2.52 bits per heavy atom. The van der Waals surface area contributed by atoms with Crippen LogP contribution < -0.4 is 16.2 Å². The molecule has 3 rings (SSSR count). The molecule has 0 unspecified atom stereocenters. The van der Waals surface area contributed by atoms with E-state index in [4.69, 9.17) is 23.2 Å². The van der Waals surface area contributed by atoms with Gasteiger partial charge in [-0.25, -0.2) is 9.97 Å². The lowest BCUT2D eigenvalue weighted by atomic mass is 10.1. The van der Waals surface area contributed by atoms with E-state index in [9.17, 15) is 4.79 Å². The maximum atomic E-state index is 12.2. The molecule has 1 aromatic carbocycles. The summed E-state index contributed by atoms with van der Waals surface area (Å²) in [7, 11) is 0. The molecule has 3 aromatic rings. The smallest absolute Gasteiger partial charge is 0.255 e. The van der Waals surface area contributed by atoms with E-state index < -0.39 is 0 Å². The van der Waals surface area contributed by atoms with Crippen molar-refractivity contribution in [2.45, 2.75) is 12.8 Å². The lowest BCUT2D eigenvalue weighted by molar-refractivity contribution is 0.884. The summed E-state index contributed by atoms with van der Waals surface area (Å²) >= 11 is 11.9. The summed E-state index contributed by atoms with van der Waals surface area (Å²) in [4.78, 5) is 23.4. The van der Waals surface area contributed by atoms with Crippen LogP contribution in [0.25, 0.3) is 0 Å². The van der Waals surface area contributed by atoms with Gasteiger partial charge in [0.15, 0.2) is 0 Å². The van der Waals surface area contributed by atoms with Gasteiger partial charge >= 0.3 is 0 Å². The fraction of sp³-hybridized carbons (Fsp3) is 0.211. The predicted octanol–water partition coefficient (Wildman–Crippen LogP) is 3.98. The molecule has 140 valence electrons. The topological polar surface area (TPSA) is 82.7 Å². The van der Waals surface area contributed by atoms with E-state index in [0.717, 1.165) is 12.0 Å². The van der Waals surface area contributed by atoms with Gasteiger partial charge in [0.05, 0.1) is 5.02 Å². The molecule has 0 atom stereocenters. The SMILES string of the molecule is O=c1[nH]c(NCCCNc2ncccc2Cl)ncc1Cc1ccc(Cl)cc1. The van der Waals surface area contributed by atoms with Gasteiger partial charge in [0.25, 0.3) is 5.56 Å². The molecule has 3 N–H and O–H groups in total. The molecule has 0 aliphatic carbocycles. The molecule has 6 nitrogen and oxygen atoms in total. The predicted molar refractivity (Wildman–Crippen MR) is 110 cm³/mol. The molecular weight excluding hydrogens is 385 g/mol. The minimum atomic E-state index is -0.152. The molecule has 0 bridgehead atoms. The number of aromatic nitrogens is 3. The number of halogens is 2. The molecule has 0 fully saturated rings. The van der Waals surface area contributed by atoms with Crippen LogP contribution in [0, 0.1) is 0 Å². The molecular formula is C19H19Cl2N5O. The normalized spacial score (nSPS) is 10.6. The zero-order valence-corrected chi connectivity index (χ0v) is 16.0. The quantitative estimate of drug-likeness (QED) is 0.495. The van der Waals surface area contributed by atoms with Crippen molar-refractivity contribution < 1.29 is 0 Å². The van der Waals surface area contributed by atoms with E-state index in [1.807, 2.05) is 12.1 Å². The number of hydrogen-bond donors (Lipinski definition) is 3. The van der Waals surface area contributed by atoms with Crippen LogP contribution in [0.1, 0.15) is 17.5 Å². The third-order valence-corrected chi connectivity index (χ3v) is 4.43. The maximum absolute atomic E-state index is 12.2. The Labute approximate surface area is 167 Å². The van der Waals surface area contributed by atoms with Gasteiger partial charge in [0.1, 0.15) is 5.82 Å². The second-order valence-electron chi connectivity index (χ2n) is 5.93. The fourth-order valence-corrected chi connectivity index (χ4v) is 2.79. The van der Waals surface area contributed by atoms with Crippen molar-refractivity contribution in [2.75, 3.05) is 23.7 Å². The monoisotopic (exact) mass is 403 g/mol. The Kier molecular flexibility index (Phi) is 6.68. The van der Waals surface area contributed by atoms with Crippen molar-refractivity contribution >= 4 is 35.0 Å². The lowest BCUT2D eigenvalue weighted by Crippen LogP contribution is -2.18. The van der Waals surface area contributed by atoms with Gasteiger partial charge in [-0.1, -0.05) is 35.3 Å². The summed E-state index contributed by atoms with van der Waals surface area (Å²) < 4.78 is 0. The molecule has 2 heterocycles. The van der Waals surface area contributed by atoms with E-state index in [2.05, 4.69) is 25.6 Å². The standard InChI is InChI=1S/C19H19Cl2N5O/c20-15-6-4-13(5-7-15)11-14-12-25-19(26-18(14)27)24-10-2-9-23-17-16(21)3-1-8-22-17/h1,3-8,12H,2,9-11H2,(H,22,23)(H2,24,25,26,27). The van der Waals surface area contributed by atoms with Gasteiger partial charge in [-0.3, -0.25) is 9.78 Å². The van der Waals surface area contributed by atoms with Crippen LogP contribution in [0.2, 0.25) is 10.0 Å². The summed E-state index contributed by atoms with van der Waals surface area (Å²) in [5, 5.41) is 7.54. The van der Waals surface area contributed by atoms with Gasteiger partial charge in [-0.15, -0.1) is 0 Å². The van der Waals surface area contributed by atoms with Crippen molar-refractivity contribution in [1.29, 1.82) is 0 Å². The molecule has 2 aromatic heterocycles. The highest BCUT2D eigenvalue weighted by atomic mass is 35.5. The van der Waals surface area contributed by atoms with E-state index >= 15 is 0 Å². The van der Waals surface area contributed by atoms with Crippen molar-refractivity contribution in [3.63, 3.8) is 0 Å². The lowest BCUT2D eigenvalue weighted by Gasteiger charge is -2.08. The first-order chi connectivity index (χ1) is 13.1. The van der Waals surface area contributed by atoms with Crippen LogP contribution in [0.15, 0.2) is 53.6 Å². The number of rotatable bonds is 8. The Balaban J connectivity index is 1.47. The second-order valence-corrected chi connectivity index (χ2v) is 6.77. The number of anilines is 2. The van der Waals surface area contributed by atoms with Crippen LogP contribution in [0.5, 0.6) is 0 Å². The maximum Gasteiger partial charge on any atom is 0.255 e. The number of aromatic amines is 1. The van der Waals surface area contributed by atoms with Gasteiger partial charge < -0.3 is 10.6 Å². The highest BCUT2D eigenvalue weighted by Crippen LogP contribution is 2.17. The van der Waals surface area contributed by atoms with Gasteiger partial charge in [0, 0.05) is 42.5 Å². The third-order valence-electron chi connectivity index (χ3n) is 3.88. The summed E-state index contributed by atoms with van der Waals surface area (Å²) in [5.41, 5.74) is 1.46. The zero-order chi connectivity index (χ0) is 19.1. The Morgan fingerprint density at radius 2 is 1.78 bits per heavy atom. The Bertz CT molecular complexity index is 943. The van der Waals surface area contributed by atoms with Gasteiger partial charge in [-0.2, -0.15) is 0 Å². The van der Waals surface area contributed by atoms with Crippen LogP contribution in [-0.4, -0.2) is 28.0 Å². The van der Waals surface area contributed by atoms with E-state index in [0.29, 0.717) is 46.9 Å². The minimum absolute atomic E-state index is 0.152. The van der Waals surface area contributed by atoms with Crippen molar-refractivity contribution in [2.24, 2.45) is 0 Å². The molecule has 0 amide bonds. The van der Waals surface area contributed by atoms with Gasteiger partial charge in [0.2, 0.25) is 5.95 Å². The molecule has 0 spiro atoms. The molecule has 0 radical (unpaired) electrons. The summed E-state index contributed by atoms with van der Waals surface area (Å²) in [5.74, 6) is 1.12. The Morgan fingerprint density at radius 1 is 1.00 bits per heavy atom. The average molecular weight is 404 g/mol. The molecule has 0 aliphatic rings. The highest BCUT2D eigenvalue weighted by Gasteiger charge is 2.04. The van der Waals surface area contributed by atoms with Crippen LogP contribution >= 0.6 is 23.2 Å². The zero-order valence-electron chi connectivity index (χ0n) is 14.5. The molecule has 0 saturated heterocycles. The third kappa shape index (κ3) is 5.70. The highest BCUT2D eigenvalue weighted by molar-refractivity contribution is 6.32. The molecule has 27 heavy (non-hydrogen) atoms. The second kappa shape index (κ2) is 9.39. The van der Waals surface area contributed by atoms with Crippen LogP contribution in [0.4, 0.5) is 11.8 Å². The largest absolute Gasteiger partial charge is 0.369 e. The van der Waals surface area contributed by atoms with Crippen molar-refractivity contribution in [3.05, 3.63) is 80.3 Å². The van der Waals surface area contributed by atoms with E-state index in [1.165, 1.54) is 0 Å².